The molecular formula is C29H24F3N5O4S2. The van der Waals surface area contributed by atoms with Gasteiger partial charge in [-0.3, -0.25) is 4.79 Å². The van der Waals surface area contributed by atoms with Crippen LogP contribution in [0.1, 0.15) is 35.8 Å². The highest BCUT2D eigenvalue weighted by atomic mass is 32.2. The molecule has 0 aliphatic heterocycles. The monoisotopic (exact) mass is 627 g/mol. The third kappa shape index (κ3) is 6.92. The molecule has 0 spiro atoms. The number of hydrogen-bond donors (Lipinski definition) is 2. The van der Waals surface area contributed by atoms with Crippen LogP contribution in [0, 0.1) is 5.82 Å². The van der Waals surface area contributed by atoms with E-state index in [1.807, 2.05) is 23.8 Å². The number of alkyl halides is 2. The molecule has 2 aromatic heterocycles. The van der Waals surface area contributed by atoms with Gasteiger partial charge in [0.1, 0.15) is 17.3 Å². The van der Waals surface area contributed by atoms with Gasteiger partial charge >= 0.3 is 5.92 Å². The third-order valence-corrected chi connectivity index (χ3v) is 8.52. The van der Waals surface area contributed by atoms with Crippen molar-refractivity contribution in [3.8, 4) is 5.75 Å². The average Bonchev–Trinajstić information content (AvgIpc) is 3.34. The SMILES string of the molecule is CCOc1ccc2nc(Cc3cc(C(F)(F)c4ccc(F)cc4)nc(Nc4ccc(S(=O)(=O)NC(C)=O)cc4)n3)sc2c1. The number of carbonyl (C=O) groups excluding carboxylic acids is 1. The third-order valence-electron chi connectivity index (χ3n) is 6.05. The van der Waals surface area contributed by atoms with Crippen molar-refractivity contribution in [3.05, 3.63) is 101 Å². The maximum atomic E-state index is 15.7. The van der Waals surface area contributed by atoms with E-state index in [0.717, 1.165) is 41.4 Å². The number of halogens is 3. The molecule has 14 heteroatoms. The summed E-state index contributed by atoms with van der Waals surface area (Å²) in [5, 5.41) is 3.46. The molecule has 0 fully saturated rings. The minimum absolute atomic E-state index is 0.112. The molecule has 0 saturated carbocycles. The van der Waals surface area contributed by atoms with E-state index in [2.05, 4.69) is 20.3 Å². The molecule has 0 aliphatic rings. The van der Waals surface area contributed by atoms with Crippen molar-refractivity contribution >= 4 is 49.1 Å². The number of nitrogens with one attached hydrogen (secondary N) is 2. The fourth-order valence-corrected chi connectivity index (χ4v) is 6.15. The van der Waals surface area contributed by atoms with Gasteiger partial charge in [0.05, 0.1) is 32.4 Å². The molecular weight excluding hydrogens is 603 g/mol. The zero-order valence-electron chi connectivity index (χ0n) is 22.8. The van der Waals surface area contributed by atoms with Crippen LogP contribution in [0.25, 0.3) is 10.2 Å². The van der Waals surface area contributed by atoms with Crippen LogP contribution in [-0.2, 0) is 27.2 Å². The van der Waals surface area contributed by atoms with Crippen molar-refractivity contribution in [3.63, 3.8) is 0 Å². The normalized spacial score (nSPS) is 11.8. The number of hydrogen-bond acceptors (Lipinski definition) is 9. The predicted octanol–water partition coefficient (Wildman–Crippen LogP) is 5.92. The van der Waals surface area contributed by atoms with Crippen molar-refractivity contribution in [1.29, 1.82) is 0 Å². The van der Waals surface area contributed by atoms with Gasteiger partial charge in [-0.25, -0.2) is 32.5 Å². The number of thiazole rings is 1. The summed E-state index contributed by atoms with van der Waals surface area (Å²) in [5.74, 6) is -4.48. The van der Waals surface area contributed by atoms with Crippen molar-refractivity contribution in [2.75, 3.05) is 11.9 Å². The van der Waals surface area contributed by atoms with Gasteiger partial charge < -0.3 is 10.1 Å². The van der Waals surface area contributed by atoms with Gasteiger partial charge in [0.2, 0.25) is 11.9 Å². The number of carbonyl (C=O) groups is 1. The molecule has 5 aromatic rings. The molecule has 1 amide bonds. The lowest BCUT2D eigenvalue weighted by Gasteiger charge is -2.18. The van der Waals surface area contributed by atoms with Gasteiger partial charge in [-0.05, 0) is 79.7 Å². The molecule has 222 valence electrons. The Morgan fingerprint density at radius 1 is 0.977 bits per heavy atom. The molecule has 5 rings (SSSR count). The number of sulfonamides is 1. The lowest BCUT2D eigenvalue weighted by molar-refractivity contribution is -0.117. The number of nitrogens with zero attached hydrogens (tertiary/aromatic N) is 3. The lowest BCUT2D eigenvalue weighted by Crippen LogP contribution is -2.28. The zero-order chi connectivity index (χ0) is 30.8. The molecule has 9 nitrogen and oxygen atoms in total. The fourth-order valence-electron chi connectivity index (χ4n) is 4.15. The Morgan fingerprint density at radius 2 is 1.70 bits per heavy atom. The Hall–Kier alpha value is -4.56. The second-order valence-electron chi connectivity index (χ2n) is 9.31. The maximum absolute atomic E-state index is 15.7. The van der Waals surface area contributed by atoms with E-state index in [0.29, 0.717) is 23.1 Å². The summed E-state index contributed by atoms with van der Waals surface area (Å²) < 4.78 is 77.6. The average molecular weight is 628 g/mol. The summed E-state index contributed by atoms with van der Waals surface area (Å²) in [6, 6.07) is 15.8. The van der Waals surface area contributed by atoms with Crippen LogP contribution in [0.2, 0.25) is 0 Å². The van der Waals surface area contributed by atoms with Gasteiger partial charge in [-0.2, -0.15) is 8.78 Å². The number of ether oxygens (including phenoxy) is 1. The highest BCUT2D eigenvalue weighted by molar-refractivity contribution is 7.90. The number of rotatable bonds is 10. The lowest BCUT2D eigenvalue weighted by atomic mass is 10.0. The molecule has 43 heavy (non-hydrogen) atoms. The Labute approximate surface area is 248 Å². The Bertz CT molecular complexity index is 1900. The molecule has 0 bridgehead atoms. The molecule has 0 saturated heterocycles. The second kappa shape index (κ2) is 12.0. The van der Waals surface area contributed by atoms with E-state index < -0.39 is 38.9 Å². The van der Waals surface area contributed by atoms with Crippen LogP contribution in [0.5, 0.6) is 5.75 Å². The Kier molecular flexibility index (Phi) is 8.33. The molecule has 2 N–H and O–H groups in total. The predicted molar refractivity (Wildman–Crippen MR) is 156 cm³/mol. The first-order valence-corrected chi connectivity index (χ1v) is 15.2. The Morgan fingerprint density at radius 3 is 2.37 bits per heavy atom. The van der Waals surface area contributed by atoms with E-state index in [1.165, 1.54) is 41.7 Å². The second-order valence-corrected chi connectivity index (χ2v) is 12.1. The quantitative estimate of drug-likeness (QED) is 0.196. The summed E-state index contributed by atoms with van der Waals surface area (Å²) in [6.45, 7) is 3.46. The van der Waals surface area contributed by atoms with Gasteiger partial charge in [0.25, 0.3) is 10.0 Å². The van der Waals surface area contributed by atoms with Crippen LogP contribution in [0.4, 0.5) is 24.8 Å². The van der Waals surface area contributed by atoms with Crippen LogP contribution in [0.3, 0.4) is 0 Å². The van der Waals surface area contributed by atoms with Crippen LogP contribution in [0.15, 0.2) is 77.7 Å². The first-order chi connectivity index (χ1) is 20.4. The first-order valence-electron chi connectivity index (χ1n) is 12.9. The number of aromatic nitrogens is 3. The zero-order valence-corrected chi connectivity index (χ0v) is 24.4. The molecule has 3 aromatic carbocycles. The van der Waals surface area contributed by atoms with E-state index in [9.17, 15) is 17.6 Å². The summed E-state index contributed by atoms with van der Waals surface area (Å²) >= 11 is 1.37. The highest BCUT2D eigenvalue weighted by Gasteiger charge is 2.37. The van der Waals surface area contributed by atoms with Gasteiger partial charge in [0, 0.05) is 24.6 Å². The molecule has 0 aliphatic carbocycles. The van der Waals surface area contributed by atoms with Crippen LogP contribution in [-0.4, -0.2) is 35.9 Å². The van der Waals surface area contributed by atoms with Gasteiger partial charge in [-0.15, -0.1) is 11.3 Å². The van der Waals surface area contributed by atoms with Crippen molar-refractivity contribution in [2.45, 2.75) is 31.1 Å². The van der Waals surface area contributed by atoms with Crippen molar-refractivity contribution < 1.29 is 31.1 Å². The van der Waals surface area contributed by atoms with Crippen molar-refractivity contribution in [1.82, 2.24) is 19.7 Å². The number of fused-ring (bicyclic) bond motifs is 1. The summed E-state index contributed by atoms with van der Waals surface area (Å²) in [5.41, 5.74) is 0.181. The van der Waals surface area contributed by atoms with Crippen LogP contribution < -0.4 is 14.8 Å². The minimum Gasteiger partial charge on any atom is -0.494 e. The number of amides is 1. The van der Waals surface area contributed by atoms with Gasteiger partial charge in [0.15, 0.2) is 0 Å². The van der Waals surface area contributed by atoms with E-state index >= 15 is 8.78 Å². The molecule has 0 radical (unpaired) electrons. The van der Waals surface area contributed by atoms with Gasteiger partial charge in [-0.1, -0.05) is 0 Å². The standard InChI is InChI=1S/C29H24F3N5O4S2/c1-3-41-22-10-13-24-25(16-22)42-27(35-24)15-21-14-26(29(31,32)18-4-6-19(30)7-5-18)36-28(34-21)33-20-8-11-23(12-9-20)43(39,40)37-17(2)38/h4-14,16H,3,15H2,1-2H3,(H,37,38)(H,33,34,36). The molecule has 0 unspecified atom stereocenters. The number of benzene rings is 3. The smallest absolute Gasteiger partial charge is 0.315 e. The molecule has 2 heterocycles. The van der Waals surface area contributed by atoms with E-state index in [1.54, 1.807) is 6.07 Å². The summed E-state index contributed by atoms with van der Waals surface area (Å²) in [7, 11) is -4.07. The maximum Gasteiger partial charge on any atom is 0.315 e. The van der Waals surface area contributed by atoms with Crippen LogP contribution >= 0.6 is 11.3 Å². The first kappa shape index (κ1) is 29.9. The summed E-state index contributed by atoms with van der Waals surface area (Å²) in [4.78, 5) is 24.1. The summed E-state index contributed by atoms with van der Waals surface area (Å²) in [6.07, 6.45) is 0.112. The topological polar surface area (TPSA) is 123 Å². The van der Waals surface area contributed by atoms with Crippen molar-refractivity contribution in [2.24, 2.45) is 0 Å². The minimum atomic E-state index is -4.07. The van der Waals surface area contributed by atoms with E-state index in [4.69, 9.17) is 4.74 Å². The van der Waals surface area contributed by atoms with E-state index in [-0.39, 0.29) is 23.0 Å². The Balaban J connectivity index is 1.50. The highest BCUT2D eigenvalue weighted by Crippen LogP contribution is 2.36. The largest absolute Gasteiger partial charge is 0.494 e. The number of anilines is 2. The fraction of sp³-hybridized carbons (Fsp3) is 0.172. The molecule has 0 atom stereocenters.